The van der Waals surface area contributed by atoms with Gasteiger partial charge in [-0.05, 0) is 73.3 Å². The predicted molar refractivity (Wildman–Crippen MR) is 138 cm³/mol. The fourth-order valence-corrected chi connectivity index (χ4v) is 8.45. The van der Waals surface area contributed by atoms with Gasteiger partial charge in [0, 0.05) is 43.9 Å². The molecule has 1 N–H and O–H groups in total. The van der Waals surface area contributed by atoms with Gasteiger partial charge in [-0.2, -0.15) is 0 Å². The average molecular weight is 471 g/mol. The second-order valence-corrected chi connectivity index (χ2v) is 12.1. The van der Waals surface area contributed by atoms with Crippen molar-refractivity contribution >= 4 is 11.7 Å². The number of benzene rings is 2. The number of likely N-dealkylation sites (tertiary alicyclic amines) is 1. The molecule has 0 aromatic heterocycles. The van der Waals surface area contributed by atoms with Gasteiger partial charge < -0.3 is 5.32 Å². The molecule has 1 saturated heterocycles. The predicted octanol–water partition coefficient (Wildman–Crippen LogP) is 5.26. The van der Waals surface area contributed by atoms with Gasteiger partial charge in [-0.15, -0.1) is 0 Å². The number of nitrogens with one attached hydrogen (secondary N) is 1. The summed E-state index contributed by atoms with van der Waals surface area (Å²) < 4.78 is 0. The van der Waals surface area contributed by atoms with Crippen LogP contribution in [-0.2, 0) is 21.5 Å². The summed E-state index contributed by atoms with van der Waals surface area (Å²) in [5.74, 6) is 1.75. The van der Waals surface area contributed by atoms with Crippen LogP contribution in [-0.4, -0.2) is 35.7 Å². The van der Waals surface area contributed by atoms with Crippen LogP contribution in [0.3, 0.4) is 0 Å². The molecular formula is C31H38N2O2. The summed E-state index contributed by atoms with van der Waals surface area (Å²) in [7, 11) is 0. The van der Waals surface area contributed by atoms with E-state index < -0.39 is 0 Å². The summed E-state index contributed by atoms with van der Waals surface area (Å²) in [5.41, 5.74) is 2.73. The molecule has 4 aliphatic carbocycles. The van der Waals surface area contributed by atoms with Crippen LogP contribution in [0.5, 0.6) is 0 Å². The Labute approximate surface area is 209 Å². The van der Waals surface area contributed by atoms with E-state index in [1.165, 1.54) is 30.4 Å². The maximum atomic E-state index is 13.7. The quantitative estimate of drug-likeness (QED) is 0.572. The van der Waals surface area contributed by atoms with Gasteiger partial charge in [0.2, 0.25) is 5.91 Å². The molecule has 0 spiro atoms. The second-order valence-electron chi connectivity index (χ2n) is 12.1. The van der Waals surface area contributed by atoms with Gasteiger partial charge in [0.05, 0.1) is 0 Å². The minimum absolute atomic E-state index is 0.0485. The van der Waals surface area contributed by atoms with Crippen LogP contribution >= 0.6 is 0 Å². The van der Waals surface area contributed by atoms with Crippen molar-refractivity contribution in [2.45, 2.75) is 75.8 Å². The van der Waals surface area contributed by atoms with Gasteiger partial charge in [0.25, 0.3) is 0 Å². The third kappa shape index (κ3) is 4.58. The minimum atomic E-state index is -0.194. The Kier molecular flexibility index (Phi) is 6.04. The number of ketones is 1. The smallest absolute Gasteiger partial charge is 0.220 e. The lowest BCUT2D eigenvalue weighted by Crippen LogP contribution is -2.56. The molecular weight excluding hydrogens is 432 g/mol. The Morgan fingerprint density at radius 3 is 2.29 bits per heavy atom. The SMILES string of the molecule is O=C(CCC(=O)C12CC3CC(C1)CC(c1ccccc1)(C3)C2)N[C@@H]1CCN(Cc2ccccc2)C1. The first kappa shape index (κ1) is 23.0. The van der Waals surface area contributed by atoms with Crippen molar-refractivity contribution in [1.82, 2.24) is 10.2 Å². The number of amides is 1. The molecule has 5 aliphatic rings. The zero-order valence-corrected chi connectivity index (χ0v) is 20.8. The lowest BCUT2D eigenvalue weighted by atomic mass is 9.42. The summed E-state index contributed by atoms with van der Waals surface area (Å²) in [6.07, 6.45) is 8.60. The molecule has 4 nitrogen and oxygen atoms in total. The maximum Gasteiger partial charge on any atom is 0.220 e. The summed E-state index contributed by atoms with van der Waals surface area (Å²) in [4.78, 5) is 28.9. The fraction of sp³-hybridized carbons (Fsp3) is 0.548. The lowest BCUT2D eigenvalue weighted by Gasteiger charge is -2.62. The minimum Gasteiger partial charge on any atom is -0.352 e. The number of hydrogen-bond acceptors (Lipinski definition) is 3. The molecule has 2 unspecified atom stereocenters. The van der Waals surface area contributed by atoms with Gasteiger partial charge >= 0.3 is 0 Å². The molecule has 4 heteroatoms. The Morgan fingerprint density at radius 2 is 1.57 bits per heavy atom. The van der Waals surface area contributed by atoms with Crippen molar-refractivity contribution in [1.29, 1.82) is 0 Å². The first-order chi connectivity index (χ1) is 17.0. The van der Waals surface area contributed by atoms with Crippen LogP contribution in [0.25, 0.3) is 0 Å². The van der Waals surface area contributed by atoms with Crippen molar-refractivity contribution < 1.29 is 9.59 Å². The monoisotopic (exact) mass is 470 g/mol. The molecule has 1 heterocycles. The topological polar surface area (TPSA) is 49.4 Å². The number of Topliss-reactive ketones (excluding diaryl/α,β-unsaturated/α-hetero) is 1. The van der Waals surface area contributed by atoms with Crippen LogP contribution in [0.15, 0.2) is 60.7 Å². The Hall–Kier alpha value is -2.46. The van der Waals surface area contributed by atoms with Crippen LogP contribution in [0.4, 0.5) is 0 Å². The number of hydrogen-bond donors (Lipinski definition) is 1. The molecule has 0 radical (unpaired) electrons. The highest BCUT2D eigenvalue weighted by molar-refractivity contribution is 5.89. The average Bonchev–Trinajstić information content (AvgIpc) is 3.29. The normalized spacial score (nSPS) is 33.7. The Morgan fingerprint density at radius 1 is 0.886 bits per heavy atom. The van der Waals surface area contributed by atoms with Crippen LogP contribution < -0.4 is 5.32 Å². The van der Waals surface area contributed by atoms with Gasteiger partial charge in [-0.25, -0.2) is 0 Å². The molecule has 35 heavy (non-hydrogen) atoms. The standard InChI is InChI=1S/C31H38N2O2/c34-28(11-12-29(35)32-27-13-14-33(21-27)20-23-7-3-1-4-8-23)31-18-24-15-25(19-31)17-30(16-24,22-31)26-9-5-2-6-10-26/h1-10,24-25,27H,11-22H2,(H,32,35)/t24?,25?,27-,30?,31?/m1/s1. The number of nitrogens with zero attached hydrogens (tertiary/aromatic N) is 1. The van der Waals surface area contributed by atoms with Crippen molar-refractivity contribution in [2.24, 2.45) is 17.3 Å². The zero-order valence-electron chi connectivity index (χ0n) is 20.8. The van der Waals surface area contributed by atoms with E-state index >= 15 is 0 Å². The van der Waals surface area contributed by atoms with E-state index in [0.717, 1.165) is 45.3 Å². The molecule has 184 valence electrons. The summed E-state index contributed by atoms with van der Waals surface area (Å²) in [6, 6.07) is 21.7. The van der Waals surface area contributed by atoms with Crippen molar-refractivity contribution in [3.05, 3.63) is 71.8 Å². The molecule has 2 aromatic carbocycles. The lowest BCUT2D eigenvalue weighted by molar-refractivity contribution is -0.147. The number of carbonyl (C=O) groups excluding carboxylic acids is 2. The first-order valence-corrected chi connectivity index (χ1v) is 13.7. The zero-order chi connectivity index (χ0) is 23.9. The first-order valence-electron chi connectivity index (χ1n) is 13.7. The Balaban J connectivity index is 1.04. The van der Waals surface area contributed by atoms with Gasteiger partial charge in [0.15, 0.2) is 0 Å². The van der Waals surface area contributed by atoms with Gasteiger partial charge in [0.1, 0.15) is 5.78 Å². The van der Waals surface area contributed by atoms with E-state index in [1.54, 1.807) is 0 Å². The summed E-state index contributed by atoms with van der Waals surface area (Å²) in [6.45, 7) is 2.83. The molecule has 1 aliphatic heterocycles. The molecule has 7 rings (SSSR count). The molecule has 3 atom stereocenters. The van der Waals surface area contributed by atoms with E-state index in [0.29, 0.717) is 30.5 Å². The highest BCUT2D eigenvalue weighted by Gasteiger charge is 2.60. The summed E-state index contributed by atoms with van der Waals surface area (Å²) in [5, 5.41) is 3.22. The van der Waals surface area contributed by atoms with Gasteiger partial charge in [-0.3, -0.25) is 14.5 Å². The highest BCUT2D eigenvalue weighted by Crippen LogP contribution is 2.66. The van der Waals surface area contributed by atoms with E-state index in [2.05, 4.69) is 64.8 Å². The van der Waals surface area contributed by atoms with E-state index in [1.807, 2.05) is 6.07 Å². The maximum absolute atomic E-state index is 13.7. The fourth-order valence-electron chi connectivity index (χ4n) is 8.45. The van der Waals surface area contributed by atoms with Crippen molar-refractivity contribution in [2.75, 3.05) is 13.1 Å². The largest absolute Gasteiger partial charge is 0.352 e. The second kappa shape index (κ2) is 9.20. The van der Waals surface area contributed by atoms with Crippen LogP contribution in [0.2, 0.25) is 0 Å². The van der Waals surface area contributed by atoms with E-state index in [-0.39, 0.29) is 22.8 Å². The van der Waals surface area contributed by atoms with Gasteiger partial charge in [-0.1, -0.05) is 60.7 Å². The summed E-state index contributed by atoms with van der Waals surface area (Å²) >= 11 is 0. The highest BCUT2D eigenvalue weighted by atomic mass is 16.2. The molecule has 1 amide bonds. The third-order valence-corrected chi connectivity index (χ3v) is 9.50. The van der Waals surface area contributed by atoms with Crippen molar-refractivity contribution in [3.8, 4) is 0 Å². The van der Waals surface area contributed by atoms with E-state index in [4.69, 9.17) is 0 Å². The van der Waals surface area contributed by atoms with Crippen LogP contribution in [0.1, 0.15) is 68.9 Å². The molecule has 4 saturated carbocycles. The Bertz CT molecular complexity index is 1050. The van der Waals surface area contributed by atoms with Crippen LogP contribution in [0, 0.1) is 17.3 Å². The molecule has 2 aromatic rings. The third-order valence-electron chi connectivity index (χ3n) is 9.50. The number of carbonyl (C=O) groups is 2. The van der Waals surface area contributed by atoms with Crippen molar-refractivity contribution in [3.63, 3.8) is 0 Å². The molecule has 5 fully saturated rings. The molecule has 4 bridgehead atoms. The number of rotatable bonds is 8. The van der Waals surface area contributed by atoms with E-state index in [9.17, 15) is 9.59 Å².